The van der Waals surface area contributed by atoms with Gasteiger partial charge in [-0.3, -0.25) is 4.99 Å². The van der Waals surface area contributed by atoms with Gasteiger partial charge < -0.3 is 15.4 Å². The van der Waals surface area contributed by atoms with E-state index in [0.29, 0.717) is 25.3 Å². The molecule has 8 heteroatoms. The third-order valence-corrected chi connectivity index (χ3v) is 6.23. The third-order valence-electron chi connectivity index (χ3n) is 4.39. The van der Waals surface area contributed by atoms with Crippen molar-refractivity contribution in [3.63, 3.8) is 0 Å². The van der Waals surface area contributed by atoms with E-state index in [-0.39, 0.29) is 41.8 Å². The molecular formula is C17H26IN3O3S. The van der Waals surface area contributed by atoms with E-state index in [0.717, 1.165) is 24.7 Å². The third kappa shape index (κ3) is 5.73. The number of nitrogens with one attached hydrogen (secondary N) is 2. The number of nitrogens with zero attached hydrogens (tertiary/aromatic N) is 1. The first-order valence-corrected chi connectivity index (χ1v) is 10.3. The molecule has 140 valence electrons. The van der Waals surface area contributed by atoms with E-state index in [1.165, 1.54) is 5.56 Å². The first-order chi connectivity index (χ1) is 11.6. The highest BCUT2D eigenvalue weighted by atomic mass is 127. The molecule has 0 bridgehead atoms. The zero-order chi connectivity index (χ0) is 17.0. The van der Waals surface area contributed by atoms with E-state index in [2.05, 4.69) is 21.7 Å². The van der Waals surface area contributed by atoms with Gasteiger partial charge in [0, 0.05) is 19.5 Å². The van der Waals surface area contributed by atoms with Crippen LogP contribution >= 0.6 is 24.0 Å². The van der Waals surface area contributed by atoms with E-state index >= 15 is 0 Å². The van der Waals surface area contributed by atoms with Crippen LogP contribution in [0.3, 0.4) is 0 Å². The summed E-state index contributed by atoms with van der Waals surface area (Å²) in [4.78, 5) is 4.55. The Bertz CT molecular complexity index is 684. The number of guanidine groups is 1. The molecule has 0 aromatic heterocycles. The van der Waals surface area contributed by atoms with Crippen LogP contribution in [-0.4, -0.2) is 51.6 Å². The van der Waals surface area contributed by atoms with Gasteiger partial charge in [-0.05, 0) is 30.9 Å². The van der Waals surface area contributed by atoms with Crippen LogP contribution in [0, 0.1) is 5.92 Å². The Hall–Kier alpha value is -1.03. The molecule has 1 fully saturated rings. The van der Waals surface area contributed by atoms with Crippen molar-refractivity contribution in [1.29, 1.82) is 0 Å². The van der Waals surface area contributed by atoms with E-state index in [1.54, 1.807) is 0 Å². The van der Waals surface area contributed by atoms with Gasteiger partial charge in [0.05, 0.1) is 18.1 Å². The smallest absolute Gasteiger partial charge is 0.191 e. The molecule has 2 heterocycles. The molecular weight excluding hydrogens is 453 g/mol. The first kappa shape index (κ1) is 20.3. The number of hydrogen-bond donors (Lipinski definition) is 2. The summed E-state index contributed by atoms with van der Waals surface area (Å²) in [6, 6.07) is 8.10. The lowest BCUT2D eigenvalue weighted by Crippen LogP contribution is -2.42. The fourth-order valence-electron chi connectivity index (χ4n) is 3.16. The highest BCUT2D eigenvalue weighted by molar-refractivity contribution is 14.0. The van der Waals surface area contributed by atoms with Gasteiger partial charge in [-0.1, -0.05) is 18.2 Å². The Balaban J connectivity index is 0.00000225. The maximum atomic E-state index is 11.5. The minimum absolute atomic E-state index is 0. The van der Waals surface area contributed by atoms with Crippen LogP contribution in [0.5, 0.6) is 5.75 Å². The Labute approximate surface area is 166 Å². The predicted molar refractivity (Wildman–Crippen MR) is 111 cm³/mol. The minimum atomic E-state index is -2.84. The lowest BCUT2D eigenvalue weighted by molar-refractivity contribution is 0.235. The van der Waals surface area contributed by atoms with Crippen LogP contribution in [0.1, 0.15) is 18.9 Å². The summed E-state index contributed by atoms with van der Waals surface area (Å²) in [7, 11) is -2.84. The second-order valence-corrected chi connectivity index (χ2v) is 8.65. The molecule has 2 atom stereocenters. The van der Waals surface area contributed by atoms with Crippen molar-refractivity contribution >= 4 is 39.8 Å². The highest BCUT2D eigenvalue weighted by Gasteiger charge is 2.27. The van der Waals surface area contributed by atoms with Crippen LogP contribution in [0.2, 0.25) is 0 Å². The van der Waals surface area contributed by atoms with Crippen molar-refractivity contribution in [1.82, 2.24) is 10.6 Å². The lowest BCUT2D eigenvalue weighted by atomic mass is 10.1. The van der Waals surface area contributed by atoms with E-state index in [4.69, 9.17) is 4.74 Å². The van der Waals surface area contributed by atoms with Crippen molar-refractivity contribution < 1.29 is 13.2 Å². The first-order valence-electron chi connectivity index (χ1n) is 8.53. The van der Waals surface area contributed by atoms with Gasteiger partial charge in [-0.25, -0.2) is 8.42 Å². The van der Waals surface area contributed by atoms with Crippen molar-refractivity contribution in [2.75, 3.05) is 31.1 Å². The summed E-state index contributed by atoms with van der Waals surface area (Å²) in [6.07, 6.45) is 1.70. The van der Waals surface area contributed by atoms with Crippen LogP contribution in [0.15, 0.2) is 29.3 Å². The quantitative estimate of drug-likeness (QED) is 0.381. The summed E-state index contributed by atoms with van der Waals surface area (Å²) in [5, 5.41) is 6.51. The van der Waals surface area contributed by atoms with Crippen LogP contribution < -0.4 is 15.4 Å². The second-order valence-electron chi connectivity index (χ2n) is 6.42. The minimum Gasteiger partial charge on any atom is -0.488 e. The predicted octanol–water partition coefficient (Wildman–Crippen LogP) is 1.60. The molecule has 2 aliphatic heterocycles. The summed E-state index contributed by atoms with van der Waals surface area (Å²) in [6.45, 7) is 3.99. The Kier molecular flexibility index (Phi) is 7.36. The maximum Gasteiger partial charge on any atom is 0.191 e. The van der Waals surface area contributed by atoms with Crippen molar-refractivity contribution in [3.05, 3.63) is 29.8 Å². The molecule has 6 nitrogen and oxygen atoms in total. The largest absolute Gasteiger partial charge is 0.488 e. The summed E-state index contributed by atoms with van der Waals surface area (Å²) in [5.41, 5.74) is 1.24. The Morgan fingerprint density at radius 2 is 2.12 bits per heavy atom. The van der Waals surface area contributed by atoms with Crippen LogP contribution in [0.4, 0.5) is 0 Å². The monoisotopic (exact) mass is 479 g/mol. The highest BCUT2D eigenvalue weighted by Crippen LogP contribution is 2.27. The molecule has 2 aliphatic rings. The average molecular weight is 479 g/mol. The fraction of sp³-hybridized carbons (Fsp3) is 0.588. The number of sulfone groups is 1. The van der Waals surface area contributed by atoms with Gasteiger partial charge in [0.1, 0.15) is 11.9 Å². The number of fused-ring (bicyclic) bond motifs is 1. The molecule has 1 aromatic rings. The lowest BCUT2D eigenvalue weighted by Gasteiger charge is -2.16. The number of halogens is 1. The molecule has 1 saturated heterocycles. The van der Waals surface area contributed by atoms with Gasteiger partial charge in [-0.15, -0.1) is 24.0 Å². The standard InChI is InChI=1S/C17H25N3O3S.HI/c1-2-18-17(19-10-13-7-8-24(21,22)12-13)20-11-15-9-14-5-3-4-6-16(14)23-15;/h3-6,13,15H,2,7-12H2,1H3,(H2,18,19,20);1H. The summed E-state index contributed by atoms with van der Waals surface area (Å²) >= 11 is 0. The van der Waals surface area contributed by atoms with Gasteiger partial charge in [0.2, 0.25) is 0 Å². The molecule has 2 N–H and O–H groups in total. The number of ether oxygens (including phenoxy) is 1. The number of benzene rings is 1. The second kappa shape index (κ2) is 9.07. The van der Waals surface area contributed by atoms with Crippen molar-refractivity contribution in [2.24, 2.45) is 10.9 Å². The molecule has 0 spiro atoms. The Morgan fingerprint density at radius 3 is 2.80 bits per heavy atom. The molecule has 0 saturated carbocycles. The summed E-state index contributed by atoms with van der Waals surface area (Å²) < 4.78 is 29.0. The normalized spacial score (nSPS) is 24.1. The molecule has 0 aliphatic carbocycles. The number of rotatable bonds is 5. The zero-order valence-electron chi connectivity index (χ0n) is 14.4. The fourth-order valence-corrected chi connectivity index (χ4v) is 5.01. The van der Waals surface area contributed by atoms with E-state index in [9.17, 15) is 8.42 Å². The van der Waals surface area contributed by atoms with Crippen molar-refractivity contribution in [2.45, 2.75) is 25.9 Å². The topological polar surface area (TPSA) is 79.8 Å². The summed E-state index contributed by atoms with van der Waals surface area (Å²) in [5.74, 6) is 2.38. The molecule has 0 amide bonds. The average Bonchev–Trinajstić information content (AvgIpc) is 3.12. The van der Waals surface area contributed by atoms with E-state index in [1.807, 2.05) is 25.1 Å². The zero-order valence-corrected chi connectivity index (χ0v) is 17.5. The molecule has 2 unspecified atom stereocenters. The molecule has 1 aromatic carbocycles. The van der Waals surface area contributed by atoms with E-state index < -0.39 is 9.84 Å². The van der Waals surface area contributed by atoms with Gasteiger partial charge in [0.25, 0.3) is 0 Å². The molecule has 0 radical (unpaired) electrons. The molecule has 3 rings (SSSR count). The van der Waals surface area contributed by atoms with Gasteiger partial charge >= 0.3 is 0 Å². The van der Waals surface area contributed by atoms with Gasteiger partial charge in [-0.2, -0.15) is 0 Å². The van der Waals surface area contributed by atoms with Gasteiger partial charge in [0.15, 0.2) is 15.8 Å². The van der Waals surface area contributed by atoms with Crippen molar-refractivity contribution in [3.8, 4) is 5.75 Å². The van der Waals surface area contributed by atoms with Crippen LogP contribution in [-0.2, 0) is 16.3 Å². The number of para-hydroxylation sites is 1. The number of aliphatic imine (C=N–C) groups is 1. The van der Waals surface area contributed by atoms with Crippen LogP contribution in [0.25, 0.3) is 0 Å². The number of hydrogen-bond acceptors (Lipinski definition) is 4. The Morgan fingerprint density at radius 1 is 1.32 bits per heavy atom. The molecule has 25 heavy (non-hydrogen) atoms. The SMILES string of the molecule is CCNC(=NCC1CCS(=O)(=O)C1)NCC1Cc2ccccc2O1.I. The maximum absolute atomic E-state index is 11.5.